The van der Waals surface area contributed by atoms with Crippen LogP contribution in [-0.2, 0) is 6.42 Å². The highest BCUT2D eigenvalue weighted by Crippen LogP contribution is 2.31. The SMILES string of the molecule is O=C(NC1CCc2ccccc21)c1cn(-c2ccccc2)nc1-c1cccnc1. The Morgan fingerprint density at radius 2 is 1.83 bits per heavy atom. The van der Waals surface area contributed by atoms with Crippen LogP contribution in [0.5, 0.6) is 0 Å². The molecule has 1 amide bonds. The Hall–Kier alpha value is -3.73. The second-order valence-electron chi connectivity index (χ2n) is 7.18. The number of fused-ring (bicyclic) bond motifs is 1. The molecule has 1 atom stereocenters. The van der Waals surface area contributed by atoms with Gasteiger partial charge in [-0.1, -0.05) is 42.5 Å². The second kappa shape index (κ2) is 7.36. The van der Waals surface area contributed by atoms with Gasteiger partial charge in [0.25, 0.3) is 5.91 Å². The largest absolute Gasteiger partial charge is 0.345 e. The molecule has 5 heteroatoms. The lowest BCUT2D eigenvalue weighted by molar-refractivity contribution is 0.0937. The molecule has 2 aromatic heterocycles. The molecule has 0 aliphatic heterocycles. The van der Waals surface area contributed by atoms with Crippen molar-refractivity contribution in [1.82, 2.24) is 20.1 Å². The molecule has 0 spiro atoms. The van der Waals surface area contributed by atoms with Gasteiger partial charge in [0.15, 0.2) is 0 Å². The number of aryl methyl sites for hydroxylation is 1. The average molecular weight is 380 g/mol. The monoisotopic (exact) mass is 380 g/mol. The number of hydrogen-bond donors (Lipinski definition) is 1. The highest BCUT2D eigenvalue weighted by Gasteiger charge is 2.26. The molecule has 29 heavy (non-hydrogen) atoms. The van der Waals surface area contributed by atoms with Gasteiger partial charge in [-0.15, -0.1) is 0 Å². The first-order chi connectivity index (χ1) is 14.3. The van der Waals surface area contributed by atoms with Crippen LogP contribution in [0.2, 0.25) is 0 Å². The van der Waals surface area contributed by atoms with E-state index in [2.05, 4.69) is 22.4 Å². The van der Waals surface area contributed by atoms with E-state index >= 15 is 0 Å². The zero-order valence-electron chi connectivity index (χ0n) is 15.8. The topological polar surface area (TPSA) is 59.8 Å². The molecule has 0 fully saturated rings. The summed E-state index contributed by atoms with van der Waals surface area (Å²) in [6.45, 7) is 0. The molecule has 0 saturated carbocycles. The van der Waals surface area contributed by atoms with E-state index in [1.54, 1.807) is 23.3 Å². The minimum absolute atomic E-state index is 0.0283. The van der Waals surface area contributed by atoms with Crippen LogP contribution in [0.15, 0.2) is 85.3 Å². The number of benzene rings is 2. The van der Waals surface area contributed by atoms with Gasteiger partial charge < -0.3 is 5.32 Å². The maximum absolute atomic E-state index is 13.3. The molecule has 2 aromatic carbocycles. The lowest BCUT2D eigenvalue weighted by Crippen LogP contribution is -2.27. The number of hydrogen-bond acceptors (Lipinski definition) is 3. The third-order valence-corrected chi connectivity index (χ3v) is 5.35. The van der Waals surface area contributed by atoms with Gasteiger partial charge in [-0.05, 0) is 48.2 Å². The van der Waals surface area contributed by atoms with E-state index in [1.807, 2.05) is 54.6 Å². The van der Waals surface area contributed by atoms with Crippen molar-refractivity contribution in [2.75, 3.05) is 0 Å². The summed E-state index contributed by atoms with van der Waals surface area (Å²) < 4.78 is 1.75. The van der Waals surface area contributed by atoms with Crippen LogP contribution >= 0.6 is 0 Å². The third-order valence-electron chi connectivity index (χ3n) is 5.35. The van der Waals surface area contributed by atoms with Crippen LogP contribution in [0.1, 0.15) is 33.9 Å². The molecule has 1 unspecified atom stereocenters. The molecule has 2 heterocycles. The molecule has 0 saturated heterocycles. The Balaban J connectivity index is 1.52. The zero-order chi connectivity index (χ0) is 19.6. The van der Waals surface area contributed by atoms with Gasteiger partial charge in [0.1, 0.15) is 5.69 Å². The van der Waals surface area contributed by atoms with Crippen molar-refractivity contribution in [3.8, 4) is 16.9 Å². The Morgan fingerprint density at radius 1 is 1.00 bits per heavy atom. The molecular formula is C24H20N4O. The molecule has 142 valence electrons. The van der Waals surface area contributed by atoms with E-state index in [9.17, 15) is 4.79 Å². The number of rotatable bonds is 4. The fraction of sp³-hybridized carbons (Fsp3) is 0.125. The lowest BCUT2D eigenvalue weighted by atomic mass is 10.1. The highest BCUT2D eigenvalue weighted by atomic mass is 16.1. The van der Waals surface area contributed by atoms with Crippen molar-refractivity contribution in [2.24, 2.45) is 0 Å². The summed E-state index contributed by atoms with van der Waals surface area (Å²) in [5.74, 6) is -0.118. The first kappa shape index (κ1) is 17.4. The van der Waals surface area contributed by atoms with Crippen molar-refractivity contribution in [3.63, 3.8) is 0 Å². The Labute approximate surface area is 169 Å². The summed E-state index contributed by atoms with van der Waals surface area (Å²) in [5.41, 5.74) is 5.42. The maximum atomic E-state index is 13.3. The zero-order valence-corrected chi connectivity index (χ0v) is 15.8. The summed E-state index contributed by atoms with van der Waals surface area (Å²) in [6.07, 6.45) is 7.15. The molecule has 5 nitrogen and oxygen atoms in total. The van der Waals surface area contributed by atoms with Crippen molar-refractivity contribution < 1.29 is 4.79 Å². The number of carbonyl (C=O) groups excluding carboxylic acids is 1. The van der Waals surface area contributed by atoms with Gasteiger partial charge in [0.2, 0.25) is 0 Å². The van der Waals surface area contributed by atoms with E-state index < -0.39 is 0 Å². The molecule has 1 aliphatic rings. The maximum Gasteiger partial charge on any atom is 0.255 e. The predicted molar refractivity (Wildman–Crippen MR) is 112 cm³/mol. The van der Waals surface area contributed by atoms with Gasteiger partial charge in [0, 0.05) is 24.2 Å². The summed E-state index contributed by atoms with van der Waals surface area (Å²) in [6, 6.07) is 21.9. The molecule has 1 N–H and O–H groups in total. The van der Waals surface area contributed by atoms with Gasteiger partial charge in [-0.2, -0.15) is 5.10 Å². The van der Waals surface area contributed by atoms with Crippen molar-refractivity contribution in [2.45, 2.75) is 18.9 Å². The number of pyridine rings is 1. The fourth-order valence-corrected chi connectivity index (χ4v) is 3.91. The van der Waals surface area contributed by atoms with Crippen LogP contribution in [0.25, 0.3) is 16.9 Å². The first-order valence-electron chi connectivity index (χ1n) is 9.74. The first-order valence-corrected chi connectivity index (χ1v) is 9.74. The molecular weight excluding hydrogens is 360 g/mol. The quantitative estimate of drug-likeness (QED) is 0.573. The van der Waals surface area contributed by atoms with Gasteiger partial charge in [0.05, 0.1) is 17.3 Å². The second-order valence-corrected chi connectivity index (χ2v) is 7.18. The molecule has 0 bridgehead atoms. The van der Waals surface area contributed by atoms with Crippen LogP contribution in [0.4, 0.5) is 0 Å². The van der Waals surface area contributed by atoms with Crippen LogP contribution in [-0.4, -0.2) is 20.7 Å². The number of nitrogens with zero attached hydrogens (tertiary/aromatic N) is 3. The fourth-order valence-electron chi connectivity index (χ4n) is 3.91. The number of carbonyl (C=O) groups is 1. The van der Waals surface area contributed by atoms with E-state index in [-0.39, 0.29) is 11.9 Å². The number of amides is 1. The highest BCUT2D eigenvalue weighted by molar-refractivity contribution is 6.00. The summed E-state index contributed by atoms with van der Waals surface area (Å²) >= 11 is 0. The van der Waals surface area contributed by atoms with E-state index in [1.165, 1.54) is 11.1 Å². The number of aromatic nitrogens is 3. The minimum Gasteiger partial charge on any atom is -0.345 e. The number of para-hydroxylation sites is 1. The van der Waals surface area contributed by atoms with Crippen LogP contribution < -0.4 is 5.32 Å². The Bertz CT molecular complexity index is 1150. The van der Waals surface area contributed by atoms with Gasteiger partial charge in [-0.3, -0.25) is 9.78 Å². The van der Waals surface area contributed by atoms with Gasteiger partial charge in [-0.25, -0.2) is 4.68 Å². The molecule has 5 rings (SSSR count). The van der Waals surface area contributed by atoms with Crippen molar-refractivity contribution in [1.29, 1.82) is 0 Å². The lowest BCUT2D eigenvalue weighted by Gasteiger charge is -2.14. The van der Waals surface area contributed by atoms with Gasteiger partial charge >= 0.3 is 0 Å². The Kier molecular flexibility index (Phi) is 4.41. The summed E-state index contributed by atoms with van der Waals surface area (Å²) in [5, 5.41) is 7.92. The molecule has 1 aliphatic carbocycles. The van der Waals surface area contributed by atoms with E-state index in [0.717, 1.165) is 24.1 Å². The van der Waals surface area contributed by atoms with Crippen LogP contribution in [0.3, 0.4) is 0 Å². The summed E-state index contributed by atoms with van der Waals surface area (Å²) in [7, 11) is 0. The van der Waals surface area contributed by atoms with Crippen LogP contribution in [0, 0.1) is 0 Å². The van der Waals surface area contributed by atoms with Crippen molar-refractivity contribution in [3.05, 3.63) is 102 Å². The van der Waals surface area contributed by atoms with Crippen molar-refractivity contribution >= 4 is 5.91 Å². The minimum atomic E-state index is -0.118. The normalized spacial score (nSPS) is 15.1. The molecule has 4 aromatic rings. The van der Waals surface area contributed by atoms with E-state index in [0.29, 0.717) is 11.3 Å². The summed E-state index contributed by atoms with van der Waals surface area (Å²) in [4.78, 5) is 17.5. The third kappa shape index (κ3) is 3.31. The Morgan fingerprint density at radius 3 is 2.66 bits per heavy atom. The predicted octanol–water partition coefficient (Wildman–Crippen LogP) is 4.35. The standard InChI is InChI=1S/C24H20N4O/c29-24(26-22-13-12-17-7-4-5-11-20(17)22)21-16-28(19-9-2-1-3-10-19)27-23(21)18-8-6-14-25-15-18/h1-11,14-16,22H,12-13H2,(H,26,29). The molecule has 0 radical (unpaired) electrons. The number of nitrogens with one attached hydrogen (secondary N) is 1. The average Bonchev–Trinajstić information content (AvgIpc) is 3.40. The van der Waals surface area contributed by atoms with E-state index in [4.69, 9.17) is 5.10 Å². The smallest absolute Gasteiger partial charge is 0.255 e.